The zero-order chi connectivity index (χ0) is 23.1. The molecule has 172 valence electrons. The highest BCUT2D eigenvalue weighted by molar-refractivity contribution is 5.50. The first kappa shape index (κ1) is 22.3. The van der Waals surface area contributed by atoms with E-state index in [1.165, 1.54) is 16.7 Å². The Hall–Kier alpha value is -3.50. The summed E-state index contributed by atoms with van der Waals surface area (Å²) in [6.07, 6.45) is 5.84. The molecule has 0 N–H and O–H groups in total. The number of anilines is 1. The van der Waals surface area contributed by atoms with E-state index in [0.717, 1.165) is 51.5 Å². The fourth-order valence-corrected chi connectivity index (χ4v) is 5.29. The predicted molar refractivity (Wildman–Crippen MR) is 139 cm³/mol. The van der Waals surface area contributed by atoms with Crippen molar-refractivity contribution < 1.29 is 0 Å². The summed E-state index contributed by atoms with van der Waals surface area (Å²) in [5.41, 5.74) is 3.92. The molecule has 1 fully saturated rings. The van der Waals surface area contributed by atoms with Gasteiger partial charge in [0.1, 0.15) is 0 Å². The number of nitrogens with zero attached hydrogens (tertiary/aromatic N) is 4. The minimum atomic E-state index is -0.163. The van der Waals surface area contributed by atoms with Gasteiger partial charge >= 0.3 is 0 Å². The van der Waals surface area contributed by atoms with Gasteiger partial charge in [-0.25, -0.2) is 9.97 Å². The highest BCUT2D eigenvalue weighted by Crippen LogP contribution is 2.43. The van der Waals surface area contributed by atoms with Crippen molar-refractivity contribution >= 4 is 5.95 Å². The smallest absolute Gasteiger partial charge is 0.225 e. The van der Waals surface area contributed by atoms with Gasteiger partial charge in [-0.3, -0.25) is 4.90 Å². The van der Waals surface area contributed by atoms with Gasteiger partial charge in [-0.1, -0.05) is 91.0 Å². The van der Waals surface area contributed by atoms with Gasteiger partial charge < -0.3 is 4.90 Å². The van der Waals surface area contributed by atoms with Crippen LogP contribution in [0.2, 0.25) is 0 Å². The molecule has 0 unspecified atom stereocenters. The van der Waals surface area contributed by atoms with Crippen LogP contribution >= 0.6 is 0 Å². The highest BCUT2D eigenvalue weighted by atomic mass is 15.3. The van der Waals surface area contributed by atoms with Crippen LogP contribution in [0, 0.1) is 0 Å². The molecule has 0 radical (unpaired) electrons. The predicted octanol–water partition coefficient (Wildman–Crippen LogP) is 5.41. The molecule has 0 spiro atoms. The lowest BCUT2D eigenvalue weighted by molar-refractivity contribution is 0.247. The van der Waals surface area contributed by atoms with Crippen LogP contribution in [0.5, 0.6) is 0 Å². The van der Waals surface area contributed by atoms with Crippen molar-refractivity contribution in [2.24, 2.45) is 0 Å². The van der Waals surface area contributed by atoms with Crippen molar-refractivity contribution in [2.75, 3.05) is 37.6 Å². The van der Waals surface area contributed by atoms with E-state index in [1.54, 1.807) is 0 Å². The summed E-state index contributed by atoms with van der Waals surface area (Å²) in [6, 6.07) is 35.0. The van der Waals surface area contributed by atoms with Gasteiger partial charge in [0.25, 0.3) is 0 Å². The molecule has 0 saturated carbocycles. The van der Waals surface area contributed by atoms with Gasteiger partial charge in [-0.15, -0.1) is 0 Å². The van der Waals surface area contributed by atoms with E-state index in [4.69, 9.17) is 0 Å². The van der Waals surface area contributed by atoms with Crippen LogP contribution in [0.3, 0.4) is 0 Å². The standard InChI is InChI=1S/C30H32N4/c1-4-12-26(13-5-1)30(27-14-6-2-7-15-27,28-16-8-3-9-17-28)18-10-21-33-22-24-34(25-23-33)29-31-19-11-20-32-29/h1-9,11-17,19-20H,10,18,21-25H2. The lowest BCUT2D eigenvalue weighted by Gasteiger charge is -2.38. The quantitative estimate of drug-likeness (QED) is 0.337. The summed E-state index contributed by atoms with van der Waals surface area (Å²) >= 11 is 0. The average Bonchev–Trinajstić information content (AvgIpc) is 2.93. The van der Waals surface area contributed by atoms with E-state index in [-0.39, 0.29) is 5.41 Å². The van der Waals surface area contributed by atoms with Crippen molar-refractivity contribution in [1.29, 1.82) is 0 Å². The molecule has 5 rings (SSSR count). The van der Waals surface area contributed by atoms with Crippen LogP contribution < -0.4 is 4.90 Å². The first-order valence-electron chi connectivity index (χ1n) is 12.3. The molecular weight excluding hydrogens is 416 g/mol. The minimum absolute atomic E-state index is 0.163. The third-order valence-corrected chi connectivity index (χ3v) is 7.03. The van der Waals surface area contributed by atoms with Crippen LogP contribution in [-0.2, 0) is 5.41 Å². The number of piperazine rings is 1. The molecule has 2 heterocycles. The molecule has 3 aromatic carbocycles. The van der Waals surface area contributed by atoms with Crippen molar-refractivity contribution in [3.05, 3.63) is 126 Å². The minimum Gasteiger partial charge on any atom is -0.338 e. The maximum atomic E-state index is 4.42. The molecule has 1 saturated heterocycles. The van der Waals surface area contributed by atoms with Crippen LogP contribution in [0.15, 0.2) is 109 Å². The molecule has 4 nitrogen and oxygen atoms in total. The molecule has 0 atom stereocenters. The van der Waals surface area contributed by atoms with Crippen LogP contribution in [0.25, 0.3) is 0 Å². The van der Waals surface area contributed by atoms with Crippen LogP contribution in [0.4, 0.5) is 5.95 Å². The van der Waals surface area contributed by atoms with E-state index in [0.29, 0.717) is 0 Å². The summed E-state index contributed by atoms with van der Waals surface area (Å²) < 4.78 is 0. The Balaban J connectivity index is 1.35. The number of hydrogen-bond acceptors (Lipinski definition) is 4. The first-order chi connectivity index (χ1) is 16.9. The zero-order valence-corrected chi connectivity index (χ0v) is 19.6. The molecule has 4 heteroatoms. The molecular formula is C30H32N4. The molecule has 1 aliphatic rings. The maximum Gasteiger partial charge on any atom is 0.225 e. The Bertz CT molecular complexity index is 1030. The lowest BCUT2D eigenvalue weighted by Crippen LogP contribution is -2.47. The average molecular weight is 449 g/mol. The van der Waals surface area contributed by atoms with Crippen molar-refractivity contribution in [3.8, 4) is 0 Å². The Morgan fingerprint density at radius 1 is 0.588 bits per heavy atom. The van der Waals surface area contributed by atoms with Crippen molar-refractivity contribution in [2.45, 2.75) is 18.3 Å². The van der Waals surface area contributed by atoms with Crippen LogP contribution in [-0.4, -0.2) is 47.6 Å². The van der Waals surface area contributed by atoms with Gasteiger partial charge in [0.05, 0.1) is 0 Å². The van der Waals surface area contributed by atoms with Gasteiger partial charge in [-0.2, -0.15) is 0 Å². The summed E-state index contributed by atoms with van der Waals surface area (Å²) in [6.45, 7) is 5.15. The largest absolute Gasteiger partial charge is 0.338 e. The molecule has 0 bridgehead atoms. The SMILES string of the molecule is c1ccc(C(CCCN2CCN(c3ncccn3)CC2)(c2ccccc2)c2ccccc2)cc1. The van der Waals surface area contributed by atoms with E-state index >= 15 is 0 Å². The first-order valence-corrected chi connectivity index (χ1v) is 12.3. The van der Waals surface area contributed by atoms with Crippen molar-refractivity contribution in [3.63, 3.8) is 0 Å². The summed E-state index contributed by atoms with van der Waals surface area (Å²) in [5, 5.41) is 0. The lowest BCUT2D eigenvalue weighted by atomic mass is 9.67. The van der Waals surface area contributed by atoms with E-state index in [9.17, 15) is 0 Å². The number of benzene rings is 3. The summed E-state index contributed by atoms with van der Waals surface area (Å²) in [4.78, 5) is 13.7. The second kappa shape index (κ2) is 10.6. The normalized spacial score (nSPS) is 14.8. The molecule has 1 aliphatic heterocycles. The third-order valence-electron chi connectivity index (χ3n) is 7.03. The number of aromatic nitrogens is 2. The molecule has 0 aliphatic carbocycles. The Morgan fingerprint density at radius 2 is 1.06 bits per heavy atom. The number of hydrogen-bond donors (Lipinski definition) is 0. The fourth-order valence-electron chi connectivity index (χ4n) is 5.29. The van der Waals surface area contributed by atoms with Crippen LogP contribution in [0.1, 0.15) is 29.5 Å². The van der Waals surface area contributed by atoms with Gasteiger partial charge in [0.15, 0.2) is 0 Å². The van der Waals surface area contributed by atoms with Gasteiger partial charge in [-0.05, 0) is 42.1 Å². The molecule has 0 amide bonds. The fraction of sp³-hybridized carbons (Fsp3) is 0.267. The maximum absolute atomic E-state index is 4.42. The highest BCUT2D eigenvalue weighted by Gasteiger charge is 2.35. The van der Waals surface area contributed by atoms with Gasteiger partial charge in [0.2, 0.25) is 5.95 Å². The van der Waals surface area contributed by atoms with Crippen molar-refractivity contribution in [1.82, 2.24) is 14.9 Å². The van der Waals surface area contributed by atoms with E-state index in [2.05, 4.69) is 111 Å². The zero-order valence-electron chi connectivity index (χ0n) is 19.6. The number of rotatable bonds is 8. The second-order valence-electron chi connectivity index (χ2n) is 8.98. The topological polar surface area (TPSA) is 32.3 Å². The summed E-state index contributed by atoms with van der Waals surface area (Å²) in [7, 11) is 0. The monoisotopic (exact) mass is 448 g/mol. The Labute approximate surface area is 202 Å². The molecule has 1 aromatic heterocycles. The van der Waals surface area contributed by atoms with E-state index in [1.807, 2.05) is 18.5 Å². The Kier molecular flexibility index (Phi) is 6.97. The van der Waals surface area contributed by atoms with Gasteiger partial charge in [0, 0.05) is 44.0 Å². The second-order valence-corrected chi connectivity index (χ2v) is 8.98. The molecule has 34 heavy (non-hydrogen) atoms. The molecule has 4 aromatic rings. The Morgan fingerprint density at radius 3 is 1.53 bits per heavy atom. The third kappa shape index (κ3) is 4.73. The van der Waals surface area contributed by atoms with E-state index < -0.39 is 0 Å². The summed E-state index contributed by atoms with van der Waals surface area (Å²) in [5.74, 6) is 0.846.